The van der Waals surface area contributed by atoms with Crippen molar-refractivity contribution in [3.05, 3.63) is 0 Å². The topological polar surface area (TPSA) is 26.0 Å². The summed E-state index contributed by atoms with van der Waals surface area (Å²) in [4.78, 5) is 0. The Morgan fingerprint density at radius 1 is 1.00 bits per heavy atom. The third kappa shape index (κ3) is 10.5. The van der Waals surface area contributed by atoms with Gasteiger partial charge in [-0.3, -0.25) is 0 Å². The van der Waals surface area contributed by atoms with Gasteiger partial charge in [0.1, 0.15) is 0 Å². The number of hydrogen-bond donors (Lipinski definition) is 1. The van der Waals surface area contributed by atoms with Gasteiger partial charge in [0, 0.05) is 6.04 Å². The van der Waals surface area contributed by atoms with Gasteiger partial charge >= 0.3 is 0 Å². The SMILES string of the molecule is CC(C)CCCC(N)CC(C)CC(C)(C)C. The molecular formula is C15H33N. The summed E-state index contributed by atoms with van der Waals surface area (Å²) in [7, 11) is 0. The first-order valence-electron chi connectivity index (χ1n) is 6.96. The van der Waals surface area contributed by atoms with Crippen LogP contribution in [0.3, 0.4) is 0 Å². The highest BCUT2D eigenvalue weighted by molar-refractivity contribution is 4.71. The van der Waals surface area contributed by atoms with Gasteiger partial charge in [-0.05, 0) is 36.5 Å². The van der Waals surface area contributed by atoms with Crippen LogP contribution in [0.2, 0.25) is 0 Å². The maximum atomic E-state index is 6.18. The lowest BCUT2D eigenvalue weighted by Gasteiger charge is -2.25. The minimum atomic E-state index is 0.413. The van der Waals surface area contributed by atoms with Crippen molar-refractivity contribution in [3.8, 4) is 0 Å². The third-order valence-corrected chi connectivity index (χ3v) is 3.02. The van der Waals surface area contributed by atoms with Gasteiger partial charge in [-0.1, -0.05) is 54.4 Å². The van der Waals surface area contributed by atoms with Gasteiger partial charge in [0.15, 0.2) is 0 Å². The monoisotopic (exact) mass is 227 g/mol. The Morgan fingerprint density at radius 3 is 2.00 bits per heavy atom. The summed E-state index contributed by atoms with van der Waals surface area (Å²) in [5.74, 6) is 1.58. The van der Waals surface area contributed by atoms with Crippen molar-refractivity contribution in [2.75, 3.05) is 0 Å². The van der Waals surface area contributed by atoms with E-state index in [0.29, 0.717) is 11.5 Å². The van der Waals surface area contributed by atoms with E-state index >= 15 is 0 Å². The van der Waals surface area contributed by atoms with E-state index in [0.717, 1.165) is 11.8 Å². The lowest BCUT2D eigenvalue weighted by Crippen LogP contribution is -2.24. The molecule has 0 heterocycles. The Bertz CT molecular complexity index is 167. The van der Waals surface area contributed by atoms with Crippen LogP contribution < -0.4 is 5.73 Å². The van der Waals surface area contributed by atoms with Crippen LogP contribution in [0, 0.1) is 17.3 Å². The number of rotatable bonds is 7. The van der Waals surface area contributed by atoms with Gasteiger partial charge in [-0.25, -0.2) is 0 Å². The van der Waals surface area contributed by atoms with Crippen molar-refractivity contribution in [1.29, 1.82) is 0 Å². The van der Waals surface area contributed by atoms with Gasteiger partial charge in [0.05, 0.1) is 0 Å². The van der Waals surface area contributed by atoms with Crippen molar-refractivity contribution in [2.24, 2.45) is 23.0 Å². The quantitative estimate of drug-likeness (QED) is 0.675. The summed E-state index contributed by atoms with van der Waals surface area (Å²) in [5, 5.41) is 0. The molecule has 0 spiro atoms. The minimum Gasteiger partial charge on any atom is -0.328 e. The Morgan fingerprint density at radius 2 is 1.56 bits per heavy atom. The van der Waals surface area contributed by atoms with Gasteiger partial charge in [0.25, 0.3) is 0 Å². The minimum absolute atomic E-state index is 0.413. The molecule has 0 aromatic heterocycles. The fourth-order valence-electron chi connectivity index (χ4n) is 2.55. The van der Waals surface area contributed by atoms with Crippen LogP contribution in [0.15, 0.2) is 0 Å². The fourth-order valence-corrected chi connectivity index (χ4v) is 2.55. The Balaban J connectivity index is 3.66. The van der Waals surface area contributed by atoms with Crippen LogP contribution in [0.1, 0.15) is 73.6 Å². The summed E-state index contributed by atoms with van der Waals surface area (Å²) in [6, 6.07) is 0.413. The molecule has 0 saturated heterocycles. The molecule has 0 aliphatic heterocycles. The molecule has 98 valence electrons. The van der Waals surface area contributed by atoms with E-state index in [1.54, 1.807) is 0 Å². The van der Waals surface area contributed by atoms with Crippen molar-refractivity contribution < 1.29 is 0 Å². The number of nitrogens with two attached hydrogens (primary N) is 1. The molecule has 0 fully saturated rings. The Kier molecular flexibility index (Phi) is 7.30. The zero-order chi connectivity index (χ0) is 12.8. The first-order valence-corrected chi connectivity index (χ1v) is 6.96. The van der Waals surface area contributed by atoms with Crippen molar-refractivity contribution in [2.45, 2.75) is 79.7 Å². The van der Waals surface area contributed by atoms with E-state index in [9.17, 15) is 0 Å². The molecule has 0 rings (SSSR count). The molecule has 0 aliphatic rings. The fraction of sp³-hybridized carbons (Fsp3) is 1.00. The van der Waals surface area contributed by atoms with E-state index in [2.05, 4.69) is 41.5 Å². The third-order valence-electron chi connectivity index (χ3n) is 3.02. The molecule has 0 aromatic rings. The maximum absolute atomic E-state index is 6.18. The summed E-state index contributed by atoms with van der Waals surface area (Å²) in [5.41, 5.74) is 6.62. The molecule has 1 heteroatoms. The van der Waals surface area contributed by atoms with Crippen LogP contribution in [-0.2, 0) is 0 Å². The molecular weight excluding hydrogens is 194 g/mol. The smallest absolute Gasteiger partial charge is 0.00413 e. The van der Waals surface area contributed by atoms with Gasteiger partial charge < -0.3 is 5.73 Å². The van der Waals surface area contributed by atoms with Crippen LogP contribution in [0.25, 0.3) is 0 Å². The molecule has 2 N–H and O–H groups in total. The maximum Gasteiger partial charge on any atom is 0.00413 e. The second-order valence-electron chi connectivity index (χ2n) is 7.19. The molecule has 2 unspecified atom stereocenters. The van der Waals surface area contributed by atoms with Crippen molar-refractivity contribution in [3.63, 3.8) is 0 Å². The van der Waals surface area contributed by atoms with Crippen molar-refractivity contribution in [1.82, 2.24) is 0 Å². The van der Waals surface area contributed by atoms with Crippen molar-refractivity contribution >= 4 is 0 Å². The highest BCUT2D eigenvalue weighted by Gasteiger charge is 2.17. The second kappa shape index (κ2) is 7.32. The average molecular weight is 227 g/mol. The molecule has 0 bridgehead atoms. The summed E-state index contributed by atoms with van der Waals surface area (Å²) >= 11 is 0. The standard InChI is InChI=1S/C15H33N/c1-12(2)8-7-9-14(16)10-13(3)11-15(4,5)6/h12-14H,7-11,16H2,1-6H3. The van der Waals surface area contributed by atoms with E-state index < -0.39 is 0 Å². The van der Waals surface area contributed by atoms with Gasteiger partial charge in [-0.15, -0.1) is 0 Å². The molecule has 0 amide bonds. The lowest BCUT2D eigenvalue weighted by molar-refractivity contribution is 0.281. The zero-order valence-corrected chi connectivity index (χ0v) is 12.3. The summed E-state index contributed by atoms with van der Waals surface area (Å²) < 4.78 is 0. The molecule has 0 saturated carbocycles. The Hall–Kier alpha value is -0.0400. The van der Waals surface area contributed by atoms with Gasteiger partial charge in [0.2, 0.25) is 0 Å². The molecule has 1 nitrogen and oxygen atoms in total. The van der Waals surface area contributed by atoms with E-state index in [1.165, 1.54) is 32.1 Å². The van der Waals surface area contributed by atoms with E-state index in [1.807, 2.05) is 0 Å². The summed E-state index contributed by atoms with van der Waals surface area (Å²) in [6.07, 6.45) is 6.29. The zero-order valence-electron chi connectivity index (χ0n) is 12.3. The molecule has 0 aliphatic carbocycles. The summed E-state index contributed by atoms with van der Waals surface area (Å²) in [6.45, 7) is 13.9. The first kappa shape index (κ1) is 16.0. The van der Waals surface area contributed by atoms with Crippen LogP contribution in [-0.4, -0.2) is 6.04 Å². The molecule has 0 aromatic carbocycles. The van der Waals surface area contributed by atoms with Crippen LogP contribution in [0.4, 0.5) is 0 Å². The lowest BCUT2D eigenvalue weighted by atomic mass is 9.82. The molecule has 2 atom stereocenters. The number of hydrogen-bond acceptors (Lipinski definition) is 1. The molecule has 16 heavy (non-hydrogen) atoms. The van der Waals surface area contributed by atoms with Crippen LogP contribution >= 0.6 is 0 Å². The van der Waals surface area contributed by atoms with Crippen LogP contribution in [0.5, 0.6) is 0 Å². The predicted octanol–water partition coefficient (Wildman–Crippen LogP) is 4.60. The Labute approximate surface area is 103 Å². The highest BCUT2D eigenvalue weighted by Crippen LogP contribution is 2.27. The average Bonchev–Trinajstić information content (AvgIpc) is 1.98. The van der Waals surface area contributed by atoms with E-state index in [-0.39, 0.29) is 0 Å². The first-order chi connectivity index (χ1) is 7.20. The van der Waals surface area contributed by atoms with Gasteiger partial charge in [-0.2, -0.15) is 0 Å². The largest absolute Gasteiger partial charge is 0.328 e. The van der Waals surface area contributed by atoms with E-state index in [4.69, 9.17) is 5.73 Å². The highest BCUT2D eigenvalue weighted by atomic mass is 14.6. The predicted molar refractivity (Wildman–Crippen MR) is 74.5 cm³/mol. The normalized spacial score (nSPS) is 16.5. The second-order valence-corrected chi connectivity index (χ2v) is 7.19. The molecule has 0 radical (unpaired) electrons.